The minimum Gasteiger partial charge on any atom is -0.486 e. The molecule has 3 N–H and O–H groups in total. The van der Waals surface area contributed by atoms with Crippen LogP contribution in [0.4, 0.5) is 0 Å². The highest BCUT2D eigenvalue weighted by molar-refractivity contribution is 5.93. The molecule has 0 spiro atoms. The Balaban J connectivity index is 1.50. The minimum absolute atomic E-state index is 0.0356. The van der Waals surface area contributed by atoms with Crippen LogP contribution >= 0.6 is 0 Å². The number of para-hydroxylation sites is 1. The van der Waals surface area contributed by atoms with Crippen LogP contribution in [-0.2, 0) is 16.2 Å². The van der Waals surface area contributed by atoms with Gasteiger partial charge in [-0.05, 0) is 29.8 Å². The van der Waals surface area contributed by atoms with Gasteiger partial charge in [-0.15, -0.1) is 0 Å². The lowest BCUT2D eigenvalue weighted by Crippen LogP contribution is -2.43. The van der Waals surface area contributed by atoms with Crippen LogP contribution in [0.1, 0.15) is 41.3 Å². The summed E-state index contributed by atoms with van der Waals surface area (Å²) in [5.74, 6) is -0.135. The maximum Gasteiger partial charge on any atom is 0.305 e. The van der Waals surface area contributed by atoms with Crippen molar-refractivity contribution in [1.82, 2.24) is 16.2 Å². The molecule has 3 amide bonds. The van der Waals surface area contributed by atoms with E-state index in [0.29, 0.717) is 11.5 Å². The predicted molar refractivity (Wildman–Crippen MR) is 113 cm³/mol. The van der Waals surface area contributed by atoms with Gasteiger partial charge in [-0.3, -0.25) is 25.2 Å². The fourth-order valence-corrected chi connectivity index (χ4v) is 2.86. The lowest BCUT2D eigenvalue weighted by atomic mass is 10.0. The van der Waals surface area contributed by atoms with Gasteiger partial charge in [-0.25, -0.2) is 0 Å². The van der Waals surface area contributed by atoms with E-state index in [-0.39, 0.29) is 24.7 Å². The molecule has 1 atom stereocenters. The Kier molecular flexibility index (Phi) is 7.42. The van der Waals surface area contributed by atoms with Crippen molar-refractivity contribution in [2.75, 3.05) is 0 Å². The van der Waals surface area contributed by atoms with Crippen LogP contribution in [-0.4, -0.2) is 17.7 Å². The van der Waals surface area contributed by atoms with E-state index in [4.69, 9.17) is 9.15 Å². The van der Waals surface area contributed by atoms with E-state index in [0.717, 1.165) is 5.56 Å². The number of hydrogen-bond donors (Lipinski definition) is 3. The van der Waals surface area contributed by atoms with E-state index in [1.54, 1.807) is 6.07 Å². The van der Waals surface area contributed by atoms with E-state index in [2.05, 4.69) is 16.2 Å². The molecule has 8 heteroatoms. The van der Waals surface area contributed by atoms with Crippen molar-refractivity contribution in [2.45, 2.75) is 26.0 Å². The molecule has 0 unspecified atom stereocenters. The second-order valence-corrected chi connectivity index (χ2v) is 6.74. The van der Waals surface area contributed by atoms with E-state index in [9.17, 15) is 14.4 Å². The molecule has 0 radical (unpaired) electrons. The van der Waals surface area contributed by atoms with Crippen molar-refractivity contribution < 1.29 is 23.5 Å². The number of furan rings is 1. The van der Waals surface area contributed by atoms with Gasteiger partial charge in [-0.2, -0.15) is 0 Å². The smallest absolute Gasteiger partial charge is 0.305 e. The topological polar surface area (TPSA) is 110 Å². The first-order chi connectivity index (χ1) is 15.0. The van der Waals surface area contributed by atoms with Gasteiger partial charge in [0, 0.05) is 6.92 Å². The Hall–Kier alpha value is -4.07. The molecule has 3 aromatic rings. The Morgan fingerprint density at radius 1 is 0.903 bits per heavy atom. The summed E-state index contributed by atoms with van der Waals surface area (Å²) >= 11 is 0. The molecule has 0 aliphatic heterocycles. The quantitative estimate of drug-likeness (QED) is 0.485. The van der Waals surface area contributed by atoms with Crippen LogP contribution in [0.3, 0.4) is 0 Å². The molecule has 2 aromatic carbocycles. The summed E-state index contributed by atoms with van der Waals surface area (Å²) in [6, 6.07) is 20.9. The molecule has 160 valence electrons. The first-order valence-electron chi connectivity index (χ1n) is 9.69. The van der Waals surface area contributed by atoms with Crippen molar-refractivity contribution in [3.8, 4) is 5.75 Å². The average Bonchev–Trinajstić information content (AvgIpc) is 3.26. The number of benzene rings is 2. The van der Waals surface area contributed by atoms with Crippen molar-refractivity contribution in [1.29, 1.82) is 0 Å². The first-order valence-corrected chi connectivity index (χ1v) is 9.69. The summed E-state index contributed by atoms with van der Waals surface area (Å²) in [6.45, 7) is 1.55. The van der Waals surface area contributed by atoms with Crippen molar-refractivity contribution in [3.63, 3.8) is 0 Å². The number of carbonyl (C=O) groups is 3. The van der Waals surface area contributed by atoms with Gasteiger partial charge < -0.3 is 14.5 Å². The van der Waals surface area contributed by atoms with Gasteiger partial charge in [-0.1, -0.05) is 48.5 Å². The van der Waals surface area contributed by atoms with Gasteiger partial charge in [0.2, 0.25) is 11.8 Å². The molecule has 8 nitrogen and oxygen atoms in total. The molecule has 31 heavy (non-hydrogen) atoms. The fraction of sp³-hybridized carbons (Fsp3) is 0.174. The predicted octanol–water partition coefficient (Wildman–Crippen LogP) is 2.89. The van der Waals surface area contributed by atoms with Crippen LogP contribution in [0, 0.1) is 0 Å². The monoisotopic (exact) mass is 421 g/mol. The Labute approximate surface area is 179 Å². The van der Waals surface area contributed by atoms with Crippen LogP contribution in [0.15, 0.2) is 77.2 Å². The largest absolute Gasteiger partial charge is 0.486 e. The number of nitrogens with one attached hydrogen (secondary N) is 3. The molecule has 3 rings (SSSR count). The Morgan fingerprint density at radius 2 is 1.58 bits per heavy atom. The van der Waals surface area contributed by atoms with Crippen molar-refractivity contribution in [3.05, 3.63) is 89.9 Å². The van der Waals surface area contributed by atoms with Crippen LogP contribution in [0.25, 0.3) is 0 Å². The van der Waals surface area contributed by atoms with Gasteiger partial charge in [0.05, 0.1) is 12.5 Å². The second kappa shape index (κ2) is 10.6. The molecule has 0 saturated carbocycles. The van der Waals surface area contributed by atoms with Crippen LogP contribution < -0.4 is 20.9 Å². The van der Waals surface area contributed by atoms with Crippen LogP contribution in [0.2, 0.25) is 0 Å². The molecular weight excluding hydrogens is 398 g/mol. The fourth-order valence-electron chi connectivity index (χ4n) is 2.86. The molecule has 0 bridgehead atoms. The molecule has 0 saturated heterocycles. The zero-order chi connectivity index (χ0) is 22.1. The molecule has 0 aliphatic rings. The highest BCUT2D eigenvalue weighted by Crippen LogP contribution is 2.16. The summed E-state index contributed by atoms with van der Waals surface area (Å²) in [4.78, 5) is 36.0. The highest BCUT2D eigenvalue weighted by Gasteiger charge is 2.18. The molecule has 1 heterocycles. The number of carbonyl (C=O) groups excluding carboxylic acids is 3. The molecule has 0 fully saturated rings. The summed E-state index contributed by atoms with van der Waals surface area (Å²) in [5.41, 5.74) is 5.44. The van der Waals surface area contributed by atoms with Gasteiger partial charge in [0.15, 0.2) is 5.76 Å². The number of rotatable bonds is 8. The molecule has 0 aliphatic carbocycles. The van der Waals surface area contributed by atoms with Gasteiger partial charge in [0.25, 0.3) is 0 Å². The summed E-state index contributed by atoms with van der Waals surface area (Å²) in [6.07, 6.45) is -0.0435. The van der Waals surface area contributed by atoms with Crippen molar-refractivity contribution in [2.24, 2.45) is 0 Å². The lowest BCUT2D eigenvalue weighted by Gasteiger charge is -2.18. The number of ether oxygens (including phenoxy) is 1. The van der Waals surface area contributed by atoms with E-state index in [1.165, 1.54) is 13.0 Å². The third-order valence-electron chi connectivity index (χ3n) is 4.29. The maximum atomic E-state index is 12.3. The van der Waals surface area contributed by atoms with Gasteiger partial charge in [0.1, 0.15) is 18.1 Å². The first kappa shape index (κ1) is 21.6. The van der Waals surface area contributed by atoms with Crippen molar-refractivity contribution >= 4 is 17.7 Å². The third kappa shape index (κ3) is 6.74. The lowest BCUT2D eigenvalue weighted by molar-refractivity contribution is -0.123. The molecule has 1 aromatic heterocycles. The highest BCUT2D eigenvalue weighted by atomic mass is 16.5. The zero-order valence-corrected chi connectivity index (χ0v) is 17.0. The standard InChI is InChI=1S/C23H23N3O5/c1-16(27)24-20(17-8-4-2-5-9-17)14-22(28)25-26-23(29)21-13-12-19(31-21)15-30-18-10-6-3-7-11-18/h2-13,20H,14-15H2,1H3,(H,24,27)(H,25,28)(H,26,29)/t20-/m1/s1. The van der Waals surface area contributed by atoms with Crippen LogP contribution in [0.5, 0.6) is 5.75 Å². The number of hydrogen-bond acceptors (Lipinski definition) is 5. The summed E-state index contributed by atoms with van der Waals surface area (Å²) in [5, 5.41) is 2.73. The van der Waals surface area contributed by atoms with E-state index < -0.39 is 17.9 Å². The Bertz CT molecular complexity index is 1020. The zero-order valence-electron chi connectivity index (χ0n) is 17.0. The summed E-state index contributed by atoms with van der Waals surface area (Å²) < 4.78 is 11.0. The number of hydrazine groups is 1. The van der Waals surface area contributed by atoms with Gasteiger partial charge >= 0.3 is 5.91 Å². The average molecular weight is 421 g/mol. The van der Waals surface area contributed by atoms with E-state index >= 15 is 0 Å². The molecular formula is C23H23N3O5. The number of amides is 3. The normalized spacial score (nSPS) is 11.3. The third-order valence-corrected chi connectivity index (χ3v) is 4.29. The van der Waals surface area contributed by atoms with E-state index in [1.807, 2.05) is 60.7 Å². The second-order valence-electron chi connectivity index (χ2n) is 6.74. The maximum absolute atomic E-state index is 12.3. The summed E-state index contributed by atoms with van der Waals surface area (Å²) in [7, 11) is 0. The Morgan fingerprint density at radius 3 is 2.26 bits per heavy atom. The minimum atomic E-state index is -0.602. The SMILES string of the molecule is CC(=O)N[C@H](CC(=O)NNC(=O)c1ccc(COc2ccccc2)o1)c1ccccc1.